The van der Waals surface area contributed by atoms with Gasteiger partial charge >= 0.3 is 5.97 Å². The first-order valence-electron chi connectivity index (χ1n) is 6.61. The van der Waals surface area contributed by atoms with E-state index in [1.807, 2.05) is 0 Å². The molecule has 0 unspecified atom stereocenters. The SMILES string of the molecule is O=C(O)C1CCC(NS(=O)(=O)c2ccc(Cl)c(F)c2Cl)CC1. The molecule has 2 N–H and O–H groups in total. The predicted molar refractivity (Wildman–Crippen MR) is 80.1 cm³/mol. The third-order valence-corrected chi connectivity index (χ3v) is 6.02. The van der Waals surface area contributed by atoms with Crippen molar-refractivity contribution in [2.45, 2.75) is 36.6 Å². The molecular formula is C13H14Cl2FNO4S. The zero-order chi connectivity index (χ0) is 16.5. The molecule has 1 fully saturated rings. The van der Waals surface area contributed by atoms with Gasteiger partial charge in [0.25, 0.3) is 0 Å². The predicted octanol–water partition coefficient (Wildman–Crippen LogP) is 3.05. The summed E-state index contributed by atoms with van der Waals surface area (Å²) in [6.45, 7) is 0. The van der Waals surface area contributed by atoms with Crippen LogP contribution in [0.1, 0.15) is 25.7 Å². The number of nitrogens with one attached hydrogen (secondary N) is 1. The second-order valence-electron chi connectivity index (χ2n) is 5.18. The maximum absolute atomic E-state index is 13.6. The number of carboxylic acid groups (broad SMARTS) is 1. The van der Waals surface area contributed by atoms with Crippen molar-refractivity contribution in [3.8, 4) is 0 Å². The van der Waals surface area contributed by atoms with E-state index in [0.717, 1.165) is 12.1 Å². The molecule has 0 atom stereocenters. The summed E-state index contributed by atoms with van der Waals surface area (Å²) >= 11 is 11.3. The molecule has 1 aliphatic rings. The van der Waals surface area contributed by atoms with Crippen LogP contribution in [-0.4, -0.2) is 25.5 Å². The zero-order valence-electron chi connectivity index (χ0n) is 11.4. The van der Waals surface area contributed by atoms with E-state index >= 15 is 0 Å². The van der Waals surface area contributed by atoms with Crippen molar-refractivity contribution in [2.75, 3.05) is 0 Å². The summed E-state index contributed by atoms with van der Waals surface area (Å²) in [4.78, 5) is 10.5. The quantitative estimate of drug-likeness (QED) is 0.798. The van der Waals surface area contributed by atoms with Crippen LogP contribution in [0, 0.1) is 11.7 Å². The first-order valence-corrected chi connectivity index (χ1v) is 8.85. The van der Waals surface area contributed by atoms with Crippen molar-refractivity contribution in [2.24, 2.45) is 5.92 Å². The summed E-state index contributed by atoms with van der Waals surface area (Å²) in [5.74, 6) is -2.30. The van der Waals surface area contributed by atoms with E-state index in [1.165, 1.54) is 0 Å². The van der Waals surface area contributed by atoms with Crippen LogP contribution >= 0.6 is 23.2 Å². The van der Waals surface area contributed by atoms with Crippen molar-refractivity contribution < 1.29 is 22.7 Å². The van der Waals surface area contributed by atoms with Crippen molar-refractivity contribution in [1.82, 2.24) is 4.72 Å². The Morgan fingerprint density at radius 2 is 1.82 bits per heavy atom. The molecule has 1 aliphatic carbocycles. The summed E-state index contributed by atoms with van der Waals surface area (Å²) < 4.78 is 40.6. The number of sulfonamides is 1. The van der Waals surface area contributed by atoms with E-state index in [0.29, 0.717) is 25.7 Å². The number of carbonyl (C=O) groups is 1. The van der Waals surface area contributed by atoms with Crippen LogP contribution in [0.15, 0.2) is 17.0 Å². The molecule has 0 spiro atoms. The van der Waals surface area contributed by atoms with Gasteiger partial charge in [-0.2, -0.15) is 0 Å². The molecule has 0 radical (unpaired) electrons. The lowest BCUT2D eigenvalue weighted by atomic mass is 9.87. The summed E-state index contributed by atoms with van der Waals surface area (Å²) in [5, 5.41) is 8.10. The van der Waals surface area contributed by atoms with Crippen molar-refractivity contribution in [3.05, 3.63) is 28.0 Å². The first kappa shape index (κ1) is 17.5. The van der Waals surface area contributed by atoms with Crippen LogP contribution in [-0.2, 0) is 14.8 Å². The van der Waals surface area contributed by atoms with Crippen LogP contribution in [0.4, 0.5) is 4.39 Å². The van der Waals surface area contributed by atoms with Crippen LogP contribution < -0.4 is 4.72 Å². The minimum absolute atomic E-state index is 0.258. The van der Waals surface area contributed by atoms with E-state index in [2.05, 4.69) is 4.72 Å². The monoisotopic (exact) mass is 369 g/mol. The van der Waals surface area contributed by atoms with Gasteiger partial charge in [-0.3, -0.25) is 4.79 Å². The Labute approximate surface area is 137 Å². The lowest BCUT2D eigenvalue weighted by Gasteiger charge is -2.26. The van der Waals surface area contributed by atoms with E-state index in [-0.39, 0.29) is 9.92 Å². The van der Waals surface area contributed by atoms with Gasteiger partial charge in [-0.25, -0.2) is 17.5 Å². The number of carboxylic acids is 1. The third kappa shape index (κ3) is 3.71. The molecule has 0 aliphatic heterocycles. The molecule has 22 heavy (non-hydrogen) atoms. The fourth-order valence-corrected chi connectivity index (χ4v) is 4.51. The fourth-order valence-electron chi connectivity index (χ4n) is 2.46. The van der Waals surface area contributed by atoms with Crippen LogP contribution in [0.3, 0.4) is 0 Å². The Kier molecular flexibility index (Phi) is 5.32. The van der Waals surface area contributed by atoms with Gasteiger partial charge in [0.15, 0.2) is 5.82 Å². The third-order valence-electron chi connectivity index (χ3n) is 3.69. The molecule has 122 valence electrons. The normalized spacial score (nSPS) is 22.5. The van der Waals surface area contributed by atoms with E-state index in [4.69, 9.17) is 28.3 Å². The van der Waals surface area contributed by atoms with E-state index in [9.17, 15) is 17.6 Å². The van der Waals surface area contributed by atoms with E-state index in [1.54, 1.807) is 0 Å². The van der Waals surface area contributed by atoms with Gasteiger partial charge in [0, 0.05) is 6.04 Å². The highest BCUT2D eigenvalue weighted by Gasteiger charge is 2.30. The number of hydrogen-bond acceptors (Lipinski definition) is 3. The lowest BCUT2D eigenvalue weighted by molar-refractivity contribution is -0.142. The summed E-state index contributed by atoms with van der Waals surface area (Å²) in [7, 11) is -4.00. The average Bonchev–Trinajstić information content (AvgIpc) is 2.44. The number of halogens is 3. The highest BCUT2D eigenvalue weighted by Crippen LogP contribution is 2.31. The minimum Gasteiger partial charge on any atom is -0.481 e. The van der Waals surface area contributed by atoms with E-state index < -0.39 is 38.8 Å². The maximum Gasteiger partial charge on any atom is 0.306 e. The Balaban J connectivity index is 2.13. The second-order valence-corrected chi connectivity index (χ2v) is 7.65. The Morgan fingerprint density at radius 3 is 2.36 bits per heavy atom. The Hall–Kier alpha value is -0.890. The van der Waals surface area contributed by atoms with Crippen LogP contribution in [0.25, 0.3) is 0 Å². The van der Waals surface area contributed by atoms with Gasteiger partial charge in [0.2, 0.25) is 10.0 Å². The Morgan fingerprint density at radius 1 is 1.23 bits per heavy atom. The number of rotatable bonds is 4. The molecule has 0 heterocycles. The van der Waals surface area contributed by atoms with Gasteiger partial charge in [-0.05, 0) is 37.8 Å². The van der Waals surface area contributed by atoms with Gasteiger partial charge in [0.05, 0.1) is 16.0 Å². The molecule has 9 heteroatoms. The molecule has 0 bridgehead atoms. The number of benzene rings is 1. The van der Waals surface area contributed by atoms with Gasteiger partial charge in [-0.15, -0.1) is 0 Å². The number of hydrogen-bond donors (Lipinski definition) is 2. The summed E-state index contributed by atoms with van der Waals surface area (Å²) in [5.41, 5.74) is 0. The van der Waals surface area contributed by atoms with Crippen molar-refractivity contribution in [1.29, 1.82) is 0 Å². The van der Waals surface area contributed by atoms with Crippen molar-refractivity contribution in [3.63, 3.8) is 0 Å². The van der Waals surface area contributed by atoms with Gasteiger partial charge in [-0.1, -0.05) is 23.2 Å². The largest absolute Gasteiger partial charge is 0.481 e. The lowest BCUT2D eigenvalue weighted by Crippen LogP contribution is -2.38. The van der Waals surface area contributed by atoms with Gasteiger partial charge < -0.3 is 5.11 Å². The highest BCUT2D eigenvalue weighted by molar-refractivity contribution is 7.89. The maximum atomic E-state index is 13.6. The summed E-state index contributed by atoms with van der Waals surface area (Å²) in [6, 6.07) is 1.87. The Bertz CT molecular complexity index is 688. The molecule has 0 saturated heterocycles. The molecule has 0 amide bonds. The smallest absolute Gasteiger partial charge is 0.306 e. The summed E-state index contributed by atoms with van der Waals surface area (Å²) in [6.07, 6.45) is 1.60. The molecule has 0 aromatic heterocycles. The molecule has 2 rings (SSSR count). The number of aliphatic carboxylic acids is 1. The first-order chi connectivity index (χ1) is 10.2. The van der Waals surface area contributed by atoms with Crippen LogP contribution in [0.2, 0.25) is 10.0 Å². The molecule has 1 aromatic carbocycles. The topological polar surface area (TPSA) is 83.5 Å². The minimum atomic E-state index is -4.00. The average molecular weight is 370 g/mol. The highest BCUT2D eigenvalue weighted by atomic mass is 35.5. The molecule has 1 aromatic rings. The molecule has 5 nitrogen and oxygen atoms in total. The zero-order valence-corrected chi connectivity index (χ0v) is 13.7. The second kappa shape index (κ2) is 6.70. The molecule has 1 saturated carbocycles. The van der Waals surface area contributed by atoms with Crippen LogP contribution in [0.5, 0.6) is 0 Å². The molecular weight excluding hydrogens is 356 g/mol. The van der Waals surface area contributed by atoms with Gasteiger partial charge in [0.1, 0.15) is 4.90 Å². The fraction of sp³-hybridized carbons (Fsp3) is 0.462. The van der Waals surface area contributed by atoms with Crippen molar-refractivity contribution >= 4 is 39.2 Å². The standard InChI is InChI=1S/C13H14Cl2FNO4S/c14-9-5-6-10(11(15)12(9)16)22(20,21)17-8-3-1-7(2-4-8)13(18)19/h5-8,17H,1-4H2,(H,18,19).